The lowest BCUT2D eigenvalue weighted by molar-refractivity contribution is 0.414. The van der Waals surface area contributed by atoms with E-state index in [9.17, 15) is 0 Å². The van der Waals surface area contributed by atoms with E-state index < -0.39 is 0 Å². The van der Waals surface area contributed by atoms with E-state index >= 15 is 0 Å². The number of nitrogens with zero attached hydrogens (tertiary/aromatic N) is 4. The highest BCUT2D eigenvalue weighted by molar-refractivity contribution is 5.89. The Kier molecular flexibility index (Phi) is 3.91. The van der Waals surface area contributed by atoms with E-state index in [0.29, 0.717) is 0 Å². The summed E-state index contributed by atoms with van der Waals surface area (Å²) < 4.78 is 6.94. The van der Waals surface area contributed by atoms with Crippen LogP contribution in [0.15, 0.2) is 30.6 Å². The number of benzene rings is 1. The Morgan fingerprint density at radius 3 is 2.68 bits per heavy atom. The van der Waals surface area contributed by atoms with Crippen LogP contribution in [-0.2, 0) is 13.5 Å². The van der Waals surface area contributed by atoms with Crippen molar-refractivity contribution in [2.45, 2.75) is 13.3 Å². The first-order valence-corrected chi connectivity index (χ1v) is 7.20. The van der Waals surface area contributed by atoms with Gasteiger partial charge >= 0.3 is 0 Å². The fraction of sp³-hybridized carbons (Fsp3) is 0.312. The number of aromatic nitrogens is 4. The smallest absolute Gasteiger partial charge is 0.163 e. The second kappa shape index (κ2) is 6.01. The van der Waals surface area contributed by atoms with E-state index in [0.717, 1.165) is 41.3 Å². The van der Waals surface area contributed by atoms with Gasteiger partial charge in [0.05, 0.1) is 18.2 Å². The largest absolute Gasteiger partial charge is 0.497 e. The Labute approximate surface area is 129 Å². The van der Waals surface area contributed by atoms with Crippen LogP contribution in [0.4, 0.5) is 5.82 Å². The Bertz CT molecular complexity index is 779. The van der Waals surface area contributed by atoms with Gasteiger partial charge in [-0.15, -0.1) is 0 Å². The second-order valence-corrected chi connectivity index (χ2v) is 5.15. The summed E-state index contributed by atoms with van der Waals surface area (Å²) in [7, 11) is 3.57. The van der Waals surface area contributed by atoms with Crippen molar-refractivity contribution in [3.05, 3.63) is 41.9 Å². The summed E-state index contributed by atoms with van der Waals surface area (Å²) in [6.07, 6.45) is 2.48. The topological polar surface area (TPSA) is 64.9 Å². The third kappa shape index (κ3) is 2.72. The molecule has 22 heavy (non-hydrogen) atoms. The zero-order valence-electron chi connectivity index (χ0n) is 13.0. The molecule has 2 heterocycles. The molecule has 0 amide bonds. The number of aryl methyl sites for hydroxylation is 2. The molecule has 114 valence electrons. The van der Waals surface area contributed by atoms with Gasteiger partial charge in [0.2, 0.25) is 0 Å². The molecule has 2 aromatic heterocycles. The fourth-order valence-electron chi connectivity index (χ4n) is 2.53. The van der Waals surface area contributed by atoms with Gasteiger partial charge in [0.25, 0.3) is 0 Å². The number of rotatable bonds is 5. The Hall–Kier alpha value is -2.63. The molecule has 1 aromatic carbocycles. The van der Waals surface area contributed by atoms with Crippen molar-refractivity contribution in [2.75, 3.05) is 19.0 Å². The van der Waals surface area contributed by atoms with Crippen LogP contribution in [0.5, 0.6) is 5.75 Å². The van der Waals surface area contributed by atoms with E-state index in [1.54, 1.807) is 18.1 Å². The van der Waals surface area contributed by atoms with Gasteiger partial charge in [-0.1, -0.05) is 12.1 Å². The second-order valence-electron chi connectivity index (χ2n) is 5.15. The molecule has 3 aromatic rings. The highest BCUT2D eigenvalue weighted by Gasteiger charge is 2.11. The molecule has 1 N–H and O–H groups in total. The van der Waals surface area contributed by atoms with Crippen LogP contribution in [0.25, 0.3) is 11.0 Å². The zero-order chi connectivity index (χ0) is 15.5. The molecule has 0 aliphatic heterocycles. The summed E-state index contributed by atoms with van der Waals surface area (Å²) in [4.78, 5) is 8.63. The number of hydrogen-bond donors (Lipinski definition) is 1. The monoisotopic (exact) mass is 297 g/mol. The molecule has 0 unspecified atom stereocenters. The van der Waals surface area contributed by atoms with Gasteiger partial charge in [0, 0.05) is 13.6 Å². The molecule has 3 rings (SSSR count). The van der Waals surface area contributed by atoms with Crippen molar-refractivity contribution >= 4 is 16.9 Å². The third-order valence-electron chi connectivity index (χ3n) is 3.66. The summed E-state index contributed by atoms with van der Waals surface area (Å²) in [6.45, 7) is 2.77. The van der Waals surface area contributed by atoms with Crippen LogP contribution in [-0.4, -0.2) is 33.4 Å². The fourth-order valence-corrected chi connectivity index (χ4v) is 2.53. The molecule has 0 aliphatic rings. The molecular formula is C16H19N5O. The lowest BCUT2D eigenvalue weighted by Crippen LogP contribution is -2.07. The average Bonchev–Trinajstić information content (AvgIpc) is 2.84. The van der Waals surface area contributed by atoms with E-state index in [1.165, 1.54) is 5.56 Å². The van der Waals surface area contributed by atoms with Gasteiger partial charge in [-0.05, 0) is 31.0 Å². The molecule has 0 saturated carbocycles. The predicted molar refractivity (Wildman–Crippen MR) is 86.2 cm³/mol. The minimum Gasteiger partial charge on any atom is -0.497 e. The number of hydrogen-bond acceptors (Lipinski definition) is 5. The number of ether oxygens (including phenoxy) is 1. The molecule has 6 nitrogen and oxygen atoms in total. The maximum Gasteiger partial charge on any atom is 0.163 e. The van der Waals surface area contributed by atoms with E-state index in [-0.39, 0.29) is 0 Å². The molecule has 0 bridgehead atoms. The highest BCUT2D eigenvalue weighted by Crippen LogP contribution is 2.22. The number of fused-ring (bicyclic) bond motifs is 1. The summed E-state index contributed by atoms with van der Waals surface area (Å²) in [5.41, 5.74) is 3.03. The highest BCUT2D eigenvalue weighted by atomic mass is 16.5. The third-order valence-corrected chi connectivity index (χ3v) is 3.66. The molecule has 0 spiro atoms. The molecule has 6 heteroatoms. The standard InChI is InChI=1S/C16H19N5O/c1-11-14-15(18-10-19-16(14)21(2)20-11)17-9-8-12-4-6-13(22-3)7-5-12/h4-7,10H,8-9H2,1-3H3,(H,17,18,19). The van der Waals surface area contributed by atoms with Gasteiger partial charge < -0.3 is 10.1 Å². The minimum atomic E-state index is 0.798. The van der Waals surface area contributed by atoms with Crippen LogP contribution < -0.4 is 10.1 Å². The Morgan fingerprint density at radius 1 is 1.18 bits per heavy atom. The Balaban J connectivity index is 1.71. The molecule has 0 aliphatic carbocycles. The average molecular weight is 297 g/mol. The van der Waals surface area contributed by atoms with E-state index in [1.807, 2.05) is 26.1 Å². The van der Waals surface area contributed by atoms with Gasteiger partial charge in [-0.2, -0.15) is 5.10 Å². The summed E-state index contributed by atoms with van der Waals surface area (Å²) in [5.74, 6) is 1.71. The quantitative estimate of drug-likeness (QED) is 0.783. The van der Waals surface area contributed by atoms with E-state index in [4.69, 9.17) is 4.74 Å². The van der Waals surface area contributed by atoms with Crippen LogP contribution in [0, 0.1) is 6.92 Å². The minimum absolute atomic E-state index is 0.798. The molecule has 0 saturated heterocycles. The first-order chi connectivity index (χ1) is 10.7. The first kappa shape index (κ1) is 14.3. The molecule has 0 fully saturated rings. The Morgan fingerprint density at radius 2 is 1.95 bits per heavy atom. The number of methoxy groups -OCH3 is 1. The molecular weight excluding hydrogens is 278 g/mol. The zero-order valence-corrected chi connectivity index (χ0v) is 13.0. The number of anilines is 1. The summed E-state index contributed by atoms with van der Waals surface area (Å²) in [6, 6.07) is 8.10. The number of nitrogens with one attached hydrogen (secondary N) is 1. The van der Waals surface area contributed by atoms with Crippen LogP contribution in [0.2, 0.25) is 0 Å². The van der Waals surface area contributed by atoms with Crippen molar-refractivity contribution in [3.63, 3.8) is 0 Å². The lowest BCUT2D eigenvalue weighted by Gasteiger charge is -2.07. The predicted octanol–water partition coefficient (Wildman–Crippen LogP) is 2.33. The van der Waals surface area contributed by atoms with Gasteiger partial charge in [-0.3, -0.25) is 4.68 Å². The van der Waals surface area contributed by atoms with E-state index in [2.05, 4.69) is 32.5 Å². The SMILES string of the molecule is COc1ccc(CCNc2ncnc3c2c(C)nn3C)cc1. The normalized spacial score (nSPS) is 10.9. The van der Waals surface area contributed by atoms with Crippen LogP contribution >= 0.6 is 0 Å². The summed E-state index contributed by atoms with van der Waals surface area (Å²) >= 11 is 0. The van der Waals surface area contributed by atoms with Crippen molar-refractivity contribution in [2.24, 2.45) is 7.05 Å². The lowest BCUT2D eigenvalue weighted by atomic mass is 10.1. The maximum absolute atomic E-state index is 5.16. The van der Waals surface area contributed by atoms with Crippen molar-refractivity contribution in [1.82, 2.24) is 19.7 Å². The van der Waals surface area contributed by atoms with Gasteiger partial charge in [0.15, 0.2) is 5.65 Å². The van der Waals surface area contributed by atoms with Crippen LogP contribution in [0.3, 0.4) is 0 Å². The first-order valence-electron chi connectivity index (χ1n) is 7.20. The van der Waals surface area contributed by atoms with Crippen molar-refractivity contribution < 1.29 is 4.74 Å². The molecule has 0 radical (unpaired) electrons. The molecule has 0 atom stereocenters. The van der Waals surface area contributed by atoms with Gasteiger partial charge in [-0.25, -0.2) is 9.97 Å². The van der Waals surface area contributed by atoms with Crippen molar-refractivity contribution in [1.29, 1.82) is 0 Å². The maximum atomic E-state index is 5.16. The summed E-state index contributed by atoms with van der Waals surface area (Å²) in [5, 5.41) is 8.77. The van der Waals surface area contributed by atoms with Crippen LogP contribution in [0.1, 0.15) is 11.3 Å². The van der Waals surface area contributed by atoms with Gasteiger partial charge in [0.1, 0.15) is 17.9 Å². The van der Waals surface area contributed by atoms with Crippen molar-refractivity contribution in [3.8, 4) is 5.75 Å².